The van der Waals surface area contributed by atoms with Crippen LogP contribution in [0.4, 0.5) is 0 Å². The molecule has 2 heterocycles. The highest BCUT2D eigenvalue weighted by molar-refractivity contribution is 7.17. The summed E-state index contributed by atoms with van der Waals surface area (Å²) >= 11 is 1.76. The lowest BCUT2D eigenvalue weighted by atomic mass is 9.68. The molecule has 92 valence electrons. The Morgan fingerprint density at radius 2 is 2.22 bits per heavy atom. The molecule has 18 heavy (non-hydrogen) atoms. The Bertz CT molecular complexity index is 606. The van der Waals surface area contributed by atoms with E-state index in [0.717, 1.165) is 6.42 Å². The minimum absolute atomic E-state index is 0.0456. The van der Waals surface area contributed by atoms with Gasteiger partial charge in [-0.2, -0.15) is 5.26 Å². The summed E-state index contributed by atoms with van der Waals surface area (Å²) in [5, 5.41) is 12.9. The van der Waals surface area contributed by atoms with Gasteiger partial charge < -0.3 is 4.74 Å². The van der Waals surface area contributed by atoms with Gasteiger partial charge in [-0.25, -0.2) is 0 Å². The second-order valence-corrected chi connectivity index (χ2v) is 5.80. The highest BCUT2D eigenvalue weighted by Crippen LogP contribution is 2.45. The van der Waals surface area contributed by atoms with E-state index in [1.54, 1.807) is 11.3 Å². The first-order chi connectivity index (χ1) is 8.81. The van der Waals surface area contributed by atoms with E-state index in [1.807, 2.05) is 0 Å². The van der Waals surface area contributed by atoms with Crippen LogP contribution in [0.3, 0.4) is 0 Å². The van der Waals surface area contributed by atoms with Gasteiger partial charge in [0.1, 0.15) is 0 Å². The number of thiophene rings is 1. The molecular weight excluding hydrogens is 242 g/mol. The molecule has 3 rings (SSSR count). The fourth-order valence-corrected chi connectivity index (χ4v) is 3.90. The van der Waals surface area contributed by atoms with Crippen molar-refractivity contribution >= 4 is 21.4 Å². The number of rotatable bonds is 3. The van der Waals surface area contributed by atoms with Crippen LogP contribution in [-0.4, -0.2) is 13.2 Å². The van der Waals surface area contributed by atoms with Crippen molar-refractivity contribution in [1.82, 2.24) is 0 Å². The van der Waals surface area contributed by atoms with Gasteiger partial charge in [0.2, 0.25) is 0 Å². The van der Waals surface area contributed by atoms with E-state index in [1.165, 1.54) is 15.6 Å². The molecule has 0 spiro atoms. The topological polar surface area (TPSA) is 33.0 Å². The molecule has 0 aliphatic carbocycles. The lowest BCUT2D eigenvalue weighted by Crippen LogP contribution is -2.51. The van der Waals surface area contributed by atoms with Gasteiger partial charge in [0.25, 0.3) is 0 Å². The first-order valence-electron chi connectivity index (χ1n) is 6.26. The van der Waals surface area contributed by atoms with Crippen molar-refractivity contribution in [2.75, 3.05) is 13.2 Å². The van der Waals surface area contributed by atoms with Gasteiger partial charge in [-0.1, -0.05) is 25.1 Å². The first-order valence-corrected chi connectivity index (χ1v) is 7.14. The van der Waals surface area contributed by atoms with Crippen molar-refractivity contribution in [2.24, 2.45) is 5.92 Å². The van der Waals surface area contributed by atoms with Gasteiger partial charge in [0.15, 0.2) is 0 Å². The molecule has 1 aliphatic heterocycles. The molecule has 0 radical (unpaired) electrons. The van der Waals surface area contributed by atoms with Crippen LogP contribution in [0.5, 0.6) is 0 Å². The molecule has 0 bridgehead atoms. The molecular formula is C15H15NOS. The Hall–Kier alpha value is -1.37. The standard InChI is InChI=1S/C15H15NOS/c1-2-11(7-16)15(9-17-10-15)13-8-18-14-6-4-3-5-12(13)14/h3-6,8,11H,2,9-10H2,1H3. The zero-order valence-electron chi connectivity index (χ0n) is 10.3. The molecule has 1 aliphatic rings. The van der Waals surface area contributed by atoms with E-state index in [2.05, 4.69) is 42.6 Å². The largest absolute Gasteiger partial charge is 0.379 e. The Morgan fingerprint density at radius 3 is 2.83 bits per heavy atom. The maximum absolute atomic E-state index is 9.40. The van der Waals surface area contributed by atoms with Crippen LogP contribution in [-0.2, 0) is 10.2 Å². The van der Waals surface area contributed by atoms with Crippen molar-refractivity contribution < 1.29 is 4.74 Å². The first kappa shape index (κ1) is 11.7. The van der Waals surface area contributed by atoms with Crippen LogP contribution < -0.4 is 0 Å². The van der Waals surface area contributed by atoms with Crippen LogP contribution in [0.2, 0.25) is 0 Å². The molecule has 1 fully saturated rings. The van der Waals surface area contributed by atoms with Gasteiger partial charge in [0.05, 0.1) is 30.6 Å². The average Bonchev–Trinajstić information content (AvgIpc) is 2.78. The smallest absolute Gasteiger partial charge is 0.0666 e. The van der Waals surface area contributed by atoms with E-state index >= 15 is 0 Å². The van der Waals surface area contributed by atoms with Gasteiger partial charge >= 0.3 is 0 Å². The highest BCUT2D eigenvalue weighted by atomic mass is 32.1. The van der Waals surface area contributed by atoms with Crippen LogP contribution in [0.1, 0.15) is 18.9 Å². The second kappa shape index (κ2) is 4.38. The number of nitriles is 1. The van der Waals surface area contributed by atoms with Crippen molar-refractivity contribution in [1.29, 1.82) is 5.26 Å². The maximum Gasteiger partial charge on any atom is 0.0666 e. The predicted octanol–water partition coefficient (Wildman–Crippen LogP) is 3.72. The third kappa shape index (κ3) is 1.50. The minimum Gasteiger partial charge on any atom is -0.379 e. The fraction of sp³-hybridized carbons (Fsp3) is 0.400. The number of benzene rings is 1. The average molecular weight is 257 g/mol. The summed E-state index contributed by atoms with van der Waals surface area (Å²) in [6.45, 7) is 3.45. The highest BCUT2D eigenvalue weighted by Gasteiger charge is 2.47. The summed E-state index contributed by atoms with van der Waals surface area (Å²) in [6, 6.07) is 10.9. The Kier molecular flexibility index (Phi) is 2.85. The Balaban J connectivity index is 2.15. The van der Waals surface area contributed by atoms with E-state index in [-0.39, 0.29) is 11.3 Å². The lowest BCUT2D eigenvalue weighted by molar-refractivity contribution is -0.0795. The fourth-order valence-electron chi connectivity index (χ4n) is 2.84. The van der Waals surface area contributed by atoms with Crippen molar-refractivity contribution in [2.45, 2.75) is 18.8 Å². The summed E-state index contributed by atoms with van der Waals surface area (Å²) in [7, 11) is 0. The molecule has 1 saturated heterocycles. The number of ether oxygens (including phenoxy) is 1. The monoisotopic (exact) mass is 257 g/mol. The van der Waals surface area contributed by atoms with Gasteiger partial charge in [-0.15, -0.1) is 11.3 Å². The number of nitrogens with zero attached hydrogens (tertiary/aromatic N) is 1. The van der Waals surface area contributed by atoms with Crippen LogP contribution in [0.25, 0.3) is 10.1 Å². The SMILES string of the molecule is CCC(C#N)C1(c2csc3ccccc23)COC1. The summed E-state index contributed by atoms with van der Waals surface area (Å²) in [5.74, 6) is 0.0456. The molecule has 2 nitrogen and oxygen atoms in total. The third-order valence-electron chi connectivity index (χ3n) is 3.97. The molecule has 0 amide bonds. The third-order valence-corrected chi connectivity index (χ3v) is 4.93. The number of hydrogen-bond donors (Lipinski definition) is 0. The van der Waals surface area contributed by atoms with E-state index in [4.69, 9.17) is 4.74 Å². The molecule has 1 aromatic heterocycles. The summed E-state index contributed by atoms with van der Waals surface area (Å²) in [5.41, 5.74) is 1.23. The van der Waals surface area contributed by atoms with Gasteiger partial charge in [-0.05, 0) is 28.8 Å². The molecule has 1 aromatic carbocycles. The maximum atomic E-state index is 9.40. The summed E-state index contributed by atoms with van der Waals surface area (Å²) < 4.78 is 6.75. The van der Waals surface area contributed by atoms with E-state index < -0.39 is 0 Å². The van der Waals surface area contributed by atoms with Gasteiger partial charge in [-0.3, -0.25) is 0 Å². The molecule has 0 saturated carbocycles. The molecule has 1 atom stereocenters. The number of hydrogen-bond acceptors (Lipinski definition) is 3. The molecule has 1 unspecified atom stereocenters. The van der Waals surface area contributed by atoms with E-state index in [0.29, 0.717) is 13.2 Å². The normalized spacial score (nSPS) is 19.1. The van der Waals surface area contributed by atoms with Gasteiger partial charge in [0, 0.05) is 4.70 Å². The lowest BCUT2D eigenvalue weighted by Gasteiger charge is -2.44. The Morgan fingerprint density at radius 1 is 1.44 bits per heavy atom. The Labute approximate surface area is 111 Å². The van der Waals surface area contributed by atoms with Crippen molar-refractivity contribution in [3.8, 4) is 6.07 Å². The molecule has 3 heteroatoms. The predicted molar refractivity (Wildman–Crippen MR) is 73.7 cm³/mol. The van der Waals surface area contributed by atoms with Crippen molar-refractivity contribution in [3.63, 3.8) is 0 Å². The summed E-state index contributed by atoms with van der Waals surface area (Å²) in [6.07, 6.45) is 0.879. The van der Waals surface area contributed by atoms with Crippen molar-refractivity contribution in [3.05, 3.63) is 35.2 Å². The quantitative estimate of drug-likeness (QED) is 0.839. The zero-order valence-corrected chi connectivity index (χ0v) is 11.2. The zero-order chi connectivity index (χ0) is 12.6. The molecule has 0 N–H and O–H groups in total. The molecule has 2 aromatic rings. The van der Waals surface area contributed by atoms with Crippen LogP contribution in [0, 0.1) is 17.2 Å². The van der Waals surface area contributed by atoms with E-state index in [9.17, 15) is 5.26 Å². The minimum atomic E-state index is -0.0803. The summed E-state index contributed by atoms with van der Waals surface area (Å²) in [4.78, 5) is 0. The van der Waals surface area contributed by atoms with Crippen LogP contribution in [0.15, 0.2) is 29.6 Å². The second-order valence-electron chi connectivity index (χ2n) is 4.88. The van der Waals surface area contributed by atoms with Crippen LogP contribution >= 0.6 is 11.3 Å². The number of fused-ring (bicyclic) bond motifs is 1.